The molecule has 1 unspecified atom stereocenters. The number of urea groups is 1. The number of aliphatic carboxylic acids is 1. The SMILES string of the molecule is O=C(NCC1CCSC1)NCC1(C(=O)O)CCCCCC1. The lowest BCUT2D eigenvalue weighted by molar-refractivity contribution is -0.149. The molecule has 0 aromatic heterocycles. The van der Waals surface area contributed by atoms with Crippen LogP contribution in [0.4, 0.5) is 4.79 Å². The number of rotatable bonds is 5. The van der Waals surface area contributed by atoms with Gasteiger partial charge in [0.1, 0.15) is 0 Å². The second-order valence-corrected chi connectivity index (χ2v) is 7.44. The van der Waals surface area contributed by atoms with Crippen LogP contribution in [0.5, 0.6) is 0 Å². The number of amides is 2. The van der Waals surface area contributed by atoms with Crippen LogP contribution in [0.3, 0.4) is 0 Å². The van der Waals surface area contributed by atoms with Crippen LogP contribution in [0.15, 0.2) is 0 Å². The zero-order valence-corrected chi connectivity index (χ0v) is 13.3. The fourth-order valence-corrected chi connectivity index (χ4v) is 4.45. The Morgan fingerprint density at radius 3 is 2.43 bits per heavy atom. The lowest BCUT2D eigenvalue weighted by Crippen LogP contribution is -2.47. The van der Waals surface area contributed by atoms with Crippen LogP contribution in [-0.2, 0) is 4.79 Å². The van der Waals surface area contributed by atoms with Crippen molar-refractivity contribution >= 4 is 23.8 Å². The predicted molar refractivity (Wildman–Crippen MR) is 84.6 cm³/mol. The lowest BCUT2D eigenvalue weighted by atomic mass is 9.80. The molecule has 2 amide bonds. The first-order valence-electron chi connectivity index (χ1n) is 7.95. The van der Waals surface area contributed by atoms with E-state index in [4.69, 9.17) is 0 Å². The summed E-state index contributed by atoms with van der Waals surface area (Å²) in [5.41, 5.74) is -0.767. The number of carboxylic acid groups (broad SMARTS) is 1. The lowest BCUT2D eigenvalue weighted by Gasteiger charge is -2.28. The summed E-state index contributed by atoms with van der Waals surface area (Å²) in [6.45, 7) is 0.937. The molecule has 0 aromatic rings. The fourth-order valence-electron chi connectivity index (χ4n) is 3.16. The minimum atomic E-state index is -0.767. The van der Waals surface area contributed by atoms with Gasteiger partial charge in [0.05, 0.1) is 5.41 Å². The van der Waals surface area contributed by atoms with Crippen LogP contribution in [-0.4, -0.2) is 41.7 Å². The van der Waals surface area contributed by atoms with Crippen LogP contribution in [0.2, 0.25) is 0 Å². The summed E-state index contributed by atoms with van der Waals surface area (Å²) in [6.07, 6.45) is 6.57. The predicted octanol–water partition coefficient (Wildman–Crippen LogP) is 2.46. The molecule has 21 heavy (non-hydrogen) atoms. The van der Waals surface area contributed by atoms with Crippen LogP contribution in [0.1, 0.15) is 44.9 Å². The maximum absolute atomic E-state index is 11.9. The Morgan fingerprint density at radius 1 is 1.14 bits per heavy atom. The van der Waals surface area contributed by atoms with Gasteiger partial charge in [-0.25, -0.2) is 4.79 Å². The van der Waals surface area contributed by atoms with Crippen molar-refractivity contribution in [3.05, 3.63) is 0 Å². The minimum absolute atomic E-state index is 0.225. The van der Waals surface area contributed by atoms with Gasteiger partial charge in [-0.2, -0.15) is 11.8 Å². The number of carbonyl (C=O) groups excluding carboxylic acids is 1. The average molecular weight is 314 g/mol. The van der Waals surface area contributed by atoms with Crippen molar-refractivity contribution in [2.45, 2.75) is 44.9 Å². The average Bonchev–Trinajstić information content (AvgIpc) is 2.87. The van der Waals surface area contributed by atoms with Crippen molar-refractivity contribution in [3.63, 3.8) is 0 Å². The Morgan fingerprint density at radius 2 is 1.86 bits per heavy atom. The van der Waals surface area contributed by atoms with E-state index in [2.05, 4.69) is 10.6 Å². The van der Waals surface area contributed by atoms with Crippen LogP contribution in [0.25, 0.3) is 0 Å². The standard InChI is InChI=1S/C15H26N2O3S/c18-13(19)15(6-3-1-2-4-7-15)11-17-14(20)16-9-12-5-8-21-10-12/h12H,1-11H2,(H,18,19)(H2,16,17,20). The first-order chi connectivity index (χ1) is 10.1. The summed E-state index contributed by atoms with van der Waals surface area (Å²) in [5.74, 6) is 2.08. The van der Waals surface area contributed by atoms with Gasteiger partial charge in [-0.05, 0) is 36.7 Å². The highest BCUT2D eigenvalue weighted by molar-refractivity contribution is 7.99. The van der Waals surface area contributed by atoms with E-state index < -0.39 is 11.4 Å². The third kappa shape index (κ3) is 4.80. The van der Waals surface area contributed by atoms with E-state index in [1.165, 1.54) is 5.75 Å². The topological polar surface area (TPSA) is 78.4 Å². The monoisotopic (exact) mass is 314 g/mol. The normalized spacial score (nSPS) is 25.0. The molecule has 5 nitrogen and oxygen atoms in total. The fraction of sp³-hybridized carbons (Fsp3) is 0.867. The molecule has 1 heterocycles. The number of carbonyl (C=O) groups is 2. The van der Waals surface area contributed by atoms with Crippen molar-refractivity contribution in [1.82, 2.24) is 10.6 Å². The second-order valence-electron chi connectivity index (χ2n) is 6.29. The molecular weight excluding hydrogens is 288 g/mol. The van der Waals surface area contributed by atoms with Crippen LogP contribution in [0, 0.1) is 11.3 Å². The van der Waals surface area contributed by atoms with Gasteiger partial charge in [-0.15, -0.1) is 0 Å². The maximum Gasteiger partial charge on any atom is 0.314 e. The summed E-state index contributed by atoms with van der Waals surface area (Å²) >= 11 is 1.93. The summed E-state index contributed by atoms with van der Waals surface area (Å²) in [4.78, 5) is 23.5. The van der Waals surface area contributed by atoms with Crippen molar-refractivity contribution in [2.24, 2.45) is 11.3 Å². The Kier molecular flexibility index (Phi) is 6.21. The molecule has 2 aliphatic rings. The largest absolute Gasteiger partial charge is 0.481 e. The van der Waals surface area contributed by atoms with Gasteiger partial charge in [0, 0.05) is 13.1 Å². The van der Waals surface area contributed by atoms with Gasteiger partial charge in [0.15, 0.2) is 0 Å². The van der Waals surface area contributed by atoms with Crippen molar-refractivity contribution in [2.75, 3.05) is 24.6 Å². The molecule has 2 fully saturated rings. The molecular formula is C15H26N2O3S. The first kappa shape index (κ1) is 16.5. The number of carboxylic acids is 1. The quantitative estimate of drug-likeness (QED) is 0.681. The summed E-state index contributed by atoms with van der Waals surface area (Å²) in [7, 11) is 0. The molecule has 1 saturated heterocycles. The number of nitrogens with one attached hydrogen (secondary N) is 2. The number of hydrogen-bond donors (Lipinski definition) is 3. The molecule has 0 bridgehead atoms. The van der Waals surface area contributed by atoms with Gasteiger partial charge < -0.3 is 15.7 Å². The molecule has 6 heteroatoms. The Hall–Kier alpha value is -0.910. The molecule has 2 rings (SSSR count). The van der Waals surface area contributed by atoms with E-state index in [-0.39, 0.29) is 12.6 Å². The van der Waals surface area contributed by atoms with Crippen molar-refractivity contribution < 1.29 is 14.7 Å². The zero-order valence-electron chi connectivity index (χ0n) is 12.5. The Labute approximate surface area is 130 Å². The molecule has 3 N–H and O–H groups in total. The van der Waals surface area contributed by atoms with E-state index in [1.807, 2.05) is 11.8 Å². The summed E-state index contributed by atoms with van der Waals surface area (Å²) in [6, 6.07) is -0.225. The third-order valence-electron chi connectivity index (χ3n) is 4.68. The third-order valence-corrected chi connectivity index (χ3v) is 5.91. The van der Waals surface area contributed by atoms with Crippen molar-refractivity contribution in [1.29, 1.82) is 0 Å². The van der Waals surface area contributed by atoms with Gasteiger partial charge in [-0.1, -0.05) is 25.7 Å². The molecule has 1 aliphatic carbocycles. The van der Waals surface area contributed by atoms with Gasteiger partial charge in [0.25, 0.3) is 0 Å². The van der Waals surface area contributed by atoms with Crippen LogP contribution >= 0.6 is 11.8 Å². The van der Waals surface area contributed by atoms with Gasteiger partial charge in [-0.3, -0.25) is 4.79 Å². The van der Waals surface area contributed by atoms with Gasteiger partial charge in [0.2, 0.25) is 0 Å². The molecule has 1 atom stereocenters. The van der Waals surface area contributed by atoms with Gasteiger partial charge >= 0.3 is 12.0 Å². The van der Waals surface area contributed by atoms with Crippen molar-refractivity contribution in [3.8, 4) is 0 Å². The second kappa shape index (κ2) is 7.92. The first-order valence-corrected chi connectivity index (χ1v) is 9.11. The molecule has 1 saturated carbocycles. The maximum atomic E-state index is 11.9. The minimum Gasteiger partial charge on any atom is -0.481 e. The molecule has 0 spiro atoms. The summed E-state index contributed by atoms with van der Waals surface area (Å²) < 4.78 is 0. The molecule has 0 aromatic carbocycles. The smallest absolute Gasteiger partial charge is 0.314 e. The molecule has 1 aliphatic heterocycles. The molecule has 120 valence electrons. The van der Waals surface area contributed by atoms with E-state index in [9.17, 15) is 14.7 Å². The number of hydrogen-bond acceptors (Lipinski definition) is 3. The Bertz CT molecular complexity index is 362. The van der Waals surface area contributed by atoms with E-state index in [0.717, 1.165) is 37.9 Å². The highest BCUT2D eigenvalue weighted by atomic mass is 32.2. The summed E-state index contributed by atoms with van der Waals surface area (Å²) in [5, 5.41) is 15.2. The highest BCUT2D eigenvalue weighted by Crippen LogP contribution is 2.34. The Balaban J connectivity index is 1.77. The highest BCUT2D eigenvalue weighted by Gasteiger charge is 2.38. The van der Waals surface area contributed by atoms with E-state index in [0.29, 0.717) is 25.3 Å². The number of thioether (sulfide) groups is 1. The zero-order chi connectivity index (χ0) is 15.1. The molecule has 0 radical (unpaired) electrons. The van der Waals surface area contributed by atoms with Crippen LogP contribution < -0.4 is 10.6 Å². The van der Waals surface area contributed by atoms with E-state index in [1.54, 1.807) is 0 Å². The van der Waals surface area contributed by atoms with E-state index >= 15 is 0 Å².